The van der Waals surface area contributed by atoms with Crippen molar-refractivity contribution in [2.45, 2.75) is 45.1 Å². The Morgan fingerprint density at radius 3 is 2.11 bits per heavy atom. The van der Waals surface area contributed by atoms with E-state index in [0.29, 0.717) is 58.8 Å². The van der Waals surface area contributed by atoms with Crippen molar-refractivity contribution in [1.29, 1.82) is 0 Å². The van der Waals surface area contributed by atoms with Gasteiger partial charge in [-0.05, 0) is 42.4 Å². The molecule has 5 rings (SSSR count). The lowest BCUT2D eigenvalue weighted by atomic mass is 10.0. The first-order chi connectivity index (χ1) is 26.9. The molecular weight excluding hydrogens is 757 g/mol. The van der Waals surface area contributed by atoms with Crippen LogP contribution in [-0.4, -0.2) is 133 Å². The van der Waals surface area contributed by atoms with Gasteiger partial charge in [0.15, 0.2) is 0 Å². The van der Waals surface area contributed by atoms with Crippen molar-refractivity contribution in [3.8, 4) is 11.8 Å². The molecule has 2 aromatic carbocycles. The van der Waals surface area contributed by atoms with Crippen LogP contribution < -0.4 is 15.5 Å². The number of ether oxygens (including phenoxy) is 1. The van der Waals surface area contributed by atoms with E-state index in [2.05, 4.69) is 22.5 Å². The molecule has 0 unspecified atom stereocenters. The Labute approximate surface area is 337 Å². The molecule has 15 heteroatoms. The summed E-state index contributed by atoms with van der Waals surface area (Å²) in [6.07, 6.45) is 2.19. The van der Waals surface area contributed by atoms with Crippen molar-refractivity contribution >= 4 is 68.7 Å². The molecule has 2 N–H and O–H groups in total. The molecule has 6 amide bonds. The van der Waals surface area contributed by atoms with Crippen molar-refractivity contribution in [1.82, 2.24) is 25.3 Å². The molecule has 2 aromatic rings. The third-order valence-corrected chi connectivity index (χ3v) is 12.9. The zero-order valence-electron chi connectivity index (χ0n) is 31.4. The lowest BCUT2D eigenvalue weighted by Gasteiger charge is -2.26. The van der Waals surface area contributed by atoms with Gasteiger partial charge in [-0.3, -0.25) is 14.4 Å². The standard InChI is InChI=1S/C40H52N6O6S3/c47-35(10-5-12-38(49)46-31-34-9-2-1-7-32(34)13-14-33-8-3-4-11-36(33)46)15-25-52-26-16-37(48)43(20-17-41-39(50)44-19-6-27-53-28-22-44)21-18-42-40(51)45-23-29-54-55-30-24-45/h1-4,7-9,11H,5-6,10,12,15-31H2,(H,41,50)(H,42,51). The van der Waals surface area contributed by atoms with Gasteiger partial charge in [0.05, 0.1) is 31.9 Å². The van der Waals surface area contributed by atoms with E-state index >= 15 is 0 Å². The van der Waals surface area contributed by atoms with Crippen LogP contribution in [0, 0.1) is 11.8 Å². The maximum absolute atomic E-state index is 13.5. The Morgan fingerprint density at radius 1 is 0.709 bits per heavy atom. The summed E-state index contributed by atoms with van der Waals surface area (Å²) in [5.74, 6) is 9.95. The lowest BCUT2D eigenvalue weighted by Crippen LogP contribution is -2.48. The van der Waals surface area contributed by atoms with Gasteiger partial charge in [-0.15, -0.1) is 0 Å². The fraction of sp³-hybridized carbons (Fsp3) is 0.525. The number of hydrogen-bond acceptors (Lipinski definition) is 9. The first-order valence-corrected chi connectivity index (χ1v) is 22.8. The Kier molecular flexibility index (Phi) is 17.9. The molecule has 0 atom stereocenters. The predicted molar refractivity (Wildman–Crippen MR) is 222 cm³/mol. The second-order valence-electron chi connectivity index (χ2n) is 13.3. The van der Waals surface area contributed by atoms with Crippen LogP contribution in [0.5, 0.6) is 0 Å². The number of nitrogens with zero attached hydrogens (tertiary/aromatic N) is 4. The van der Waals surface area contributed by atoms with E-state index in [9.17, 15) is 24.0 Å². The average molecular weight is 809 g/mol. The molecule has 0 aromatic heterocycles. The zero-order chi connectivity index (χ0) is 38.7. The van der Waals surface area contributed by atoms with E-state index in [-0.39, 0.29) is 68.6 Å². The van der Waals surface area contributed by atoms with Gasteiger partial charge < -0.3 is 35.0 Å². The van der Waals surface area contributed by atoms with Crippen LogP contribution in [0.2, 0.25) is 0 Å². The minimum absolute atomic E-state index is 0.00103. The largest absolute Gasteiger partial charge is 0.380 e. The van der Waals surface area contributed by atoms with Crippen LogP contribution in [0.1, 0.15) is 55.2 Å². The zero-order valence-corrected chi connectivity index (χ0v) is 33.9. The number of carbonyl (C=O) groups is 5. The quantitative estimate of drug-likeness (QED) is 0.139. The highest BCUT2D eigenvalue weighted by Crippen LogP contribution is 2.27. The van der Waals surface area contributed by atoms with Crippen molar-refractivity contribution < 1.29 is 28.7 Å². The van der Waals surface area contributed by atoms with Gasteiger partial charge in [-0.25, -0.2) is 9.59 Å². The monoisotopic (exact) mass is 808 g/mol. The lowest BCUT2D eigenvalue weighted by molar-refractivity contribution is -0.132. The van der Waals surface area contributed by atoms with Crippen molar-refractivity contribution in [2.75, 3.05) is 93.5 Å². The van der Waals surface area contributed by atoms with Crippen LogP contribution in [0.25, 0.3) is 0 Å². The summed E-state index contributed by atoms with van der Waals surface area (Å²) >= 11 is 1.85. The first kappa shape index (κ1) is 42.3. The van der Waals surface area contributed by atoms with Gasteiger partial charge in [0.25, 0.3) is 0 Å². The van der Waals surface area contributed by atoms with E-state index < -0.39 is 0 Å². The molecule has 2 fully saturated rings. The maximum atomic E-state index is 13.5. The number of ketones is 1. The number of thioether (sulfide) groups is 1. The van der Waals surface area contributed by atoms with Gasteiger partial charge in [0.2, 0.25) is 11.8 Å². The highest BCUT2D eigenvalue weighted by Gasteiger charge is 2.22. The molecule has 3 aliphatic rings. The summed E-state index contributed by atoms with van der Waals surface area (Å²) in [5, 5.41) is 5.90. The smallest absolute Gasteiger partial charge is 0.317 e. The third kappa shape index (κ3) is 14.0. The number of carbonyl (C=O) groups excluding carboxylic acids is 5. The van der Waals surface area contributed by atoms with Crippen molar-refractivity contribution in [2.24, 2.45) is 0 Å². The summed E-state index contributed by atoms with van der Waals surface area (Å²) in [6, 6.07) is 15.2. The molecule has 0 bridgehead atoms. The number of anilines is 1. The molecule has 12 nitrogen and oxygen atoms in total. The molecule has 0 radical (unpaired) electrons. The van der Waals surface area contributed by atoms with Crippen LogP contribution >= 0.6 is 33.3 Å². The van der Waals surface area contributed by atoms with Crippen LogP contribution in [0.3, 0.4) is 0 Å². The van der Waals surface area contributed by atoms with Gasteiger partial charge in [0.1, 0.15) is 5.78 Å². The second-order valence-corrected chi connectivity index (χ2v) is 17.3. The van der Waals surface area contributed by atoms with E-state index in [1.807, 2.05) is 65.2 Å². The predicted octanol–water partition coefficient (Wildman–Crippen LogP) is 4.85. The molecular formula is C40H52N6O6S3. The number of benzene rings is 2. The van der Waals surface area contributed by atoms with Crippen molar-refractivity contribution in [3.05, 3.63) is 65.2 Å². The summed E-state index contributed by atoms with van der Waals surface area (Å²) < 4.78 is 5.70. The fourth-order valence-electron chi connectivity index (χ4n) is 6.37. The Hall–Kier alpha value is -3.84. The minimum atomic E-state index is -0.151. The molecule has 3 heterocycles. The molecule has 0 aliphatic carbocycles. The SMILES string of the molecule is O=C(CCCC(=O)N1Cc2ccccc2C#Cc2ccccc21)CCOCCC(=O)N(CCNC(=O)N1CCCSCC1)CCNC(=O)N1CCSSCC1. The third-order valence-electron chi connectivity index (χ3n) is 9.44. The van der Waals surface area contributed by atoms with Gasteiger partial charge in [-0.2, -0.15) is 11.8 Å². The first-order valence-electron chi connectivity index (χ1n) is 19.1. The number of hydrogen-bond donors (Lipinski definition) is 2. The number of fused-ring (bicyclic) bond motifs is 2. The number of amides is 6. The van der Waals surface area contributed by atoms with Crippen molar-refractivity contribution in [3.63, 3.8) is 0 Å². The fourth-order valence-corrected chi connectivity index (χ4v) is 9.23. The Bertz CT molecular complexity index is 1630. The Balaban J connectivity index is 1.02. The van der Waals surface area contributed by atoms with Crippen LogP contribution in [0.4, 0.5) is 15.3 Å². The molecule has 0 saturated carbocycles. The van der Waals surface area contributed by atoms with E-state index in [4.69, 9.17) is 4.74 Å². The average Bonchev–Trinajstić information content (AvgIpc) is 3.64. The minimum Gasteiger partial charge on any atom is -0.380 e. The summed E-state index contributed by atoms with van der Waals surface area (Å²) in [7, 11) is 3.53. The summed E-state index contributed by atoms with van der Waals surface area (Å²) in [5.41, 5.74) is 3.45. The summed E-state index contributed by atoms with van der Waals surface area (Å²) in [6.45, 7) is 4.74. The van der Waals surface area contributed by atoms with E-state index in [1.165, 1.54) is 0 Å². The Morgan fingerprint density at radius 2 is 1.35 bits per heavy atom. The normalized spacial score (nSPS) is 15.5. The van der Waals surface area contributed by atoms with E-state index in [1.54, 1.807) is 36.3 Å². The maximum Gasteiger partial charge on any atom is 0.317 e. The molecule has 55 heavy (non-hydrogen) atoms. The number of urea groups is 2. The van der Waals surface area contributed by atoms with E-state index in [0.717, 1.165) is 58.4 Å². The van der Waals surface area contributed by atoms with Gasteiger partial charge in [-0.1, -0.05) is 63.8 Å². The molecule has 296 valence electrons. The topological polar surface area (TPSA) is 132 Å². The number of Topliss-reactive ketones (excluding diaryl/α,β-unsaturated/α-hetero) is 1. The summed E-state index contributed by atoms with van der Waals surface area (Å²) in [4.78, 5) is 72.0. The number of para-hydroxylation sites is 1. The highest BCUT2D eigenvalue weighted by molar-refractivity contribution is 8.76. The highest BCUT2D eigenvalue weighted by atomic mass is 33.1. The van der Waals surface area contributed by atoms with Gasteiger partial charge in [0, 0.05) is 100 Å². The van der Waals surface area contributed by atoms with Gasteiger partial charge >= 0.3 is 12.1 Å². The number of rotatable bonds is 16. The molecule has 0 spiro atoms. The molecule has 3 aliphatic heterocycles. The molecule has 2 saturated heterocycles. The van der Waals surface area contributed by atoms with Crippen LogP contribution in [-0.2, 0) is 25.7 Å². The van der Waals surface area contributed by atoms with Crippen LogP contribution in [0.15, 0.2) is 48.5 Å². The second kappa shape index (κ2) is 23.3. The number of nitrogens with one attached hydrogen (secondary N) is 2.